The Morgan fingerprint density at radius 3 is 2.43 bits per heavy atom. The minimum atomic E-state index is -4.96. The lowest BCUT2D eigenvalue weighted by Crippen LogP contribution is -2.51. The normalized spacial score (nSPS) is 14.5. The fourth-order valence-electron chi connectivity index (χ4n) is 1.71. The molecule has 1 unspecified atom stereocenters. The topological polar surface area (TPSA) is 75.4 Å². The molecule has 0 aliphatic heterocycles. The Kier molecular flexibility index (Phi) is 3.99. The summed E-state index contributed by atoms with van der Waals surface area (Å²) >= 11 is 0. The number of nitrogens with one attached hydrogen (secondary N) is 1. The summed E-state index contributed by atoms with van der Waals surface area (Å²) in [4.78, 5) is 11.6. The fourth-order valence-corrected chi connectivity index (χ4v) is 1.71. The van der Waals surface area contributed by atoms with Crippen LogP contribution in [0.5, 0.6) is 0 Å². The van der Waals surface area contributed by atoms with Crippen LogP contribution in [0.15, 0.2) is 47.1 Å². The van der Waals surface area contributed by atoms with Crippen molar-refractivity contribution < 1.29 is 27.6 Å². The summed E-state index contributed by atoms with van der Waals surface area (Å²) in [6.07, 6.45) is -3.77. The van der Waals surface area contributed by atoms with Gasteiger partial charge in [0.1, 0.15) is 0 Å². The zero-order chi connectivity index (χ0) is 15.5. The Morgan fingerprint density at radius 1 is 1.24 bits per heavy atom. The van der Waals surface area contributed by atoms with Crippen molar-refractivity contribution in [2.75, 3.05) is 6.54 Å². The van der Waals surface area contributed by atoms with Gasteiger partial charge in [0.15, 0.2) is 0 Å². The van der Waals surface area contributed by atoms with Gasteiger partial charge in [-0.2, -0.15) is 13.2 Å². The van der Waals surface area contributed by atoms with Gasteiger partial charge in [-0.25, -0.2) is 0 Å². The van der Waals surface area contributed by atoms with E-state index in [1.807, 2.05) is 5.32 Å². The average Bonchev–Trinajstić information content (AvgIpc) is 2.98. The van der Waals surface area contributed by atoms with Crippen molar-refractivity contribution in [2.45, 2.75) is 11.8 Å². The monoisotopic (exact) mass is 300 g/mol. The molecule has 1 aromatic carbocycles. The zero-order valence-electron chi connectivity index (χ0n) is 10.6. The van der Waals surface area contributed by atoms with E-state index in [-0.39, 0.29) is 11.3 Å². The number of aromatic nitrogens is 1. The van der Waals surface area contributed by atoms with Gasteiger partial charge in [-0.15, -0.1) is 0 Å². The predicted octanol–water partition coefficient (Wildman–Crippen LogP) is 1.85. The van der Waals surface area contributed by atoms with Gasteiger partial charge in [0.2, 0.25) is 11.4 Å². The zero-order valence-corrected chi connectivity index (χ0v) is 10.6. The molecule has 1 aromatic heterocycles. The first-order valence-electron chi connectivity index (χ1n) is 5.88. The lowest BCUT2D eigenvalue weighted by atomic mass is 9.93. The largest absolute Gasteiger partial charge is 0.423 e. The van der Waals surface area contributed by atoms with E-state index in [1.54, 1.807) is 0 Å². The van der Waals surface area contributed by atoms with Crippen molar-refractivity contribution >= 4 is 5.91 Å². The number of nitrogens with zero attached hydrogens (tertiary/aromatic N) is 1. The molecular weight excluding hydrogens is 289 g/mol. The molecule has 0 aliphatic rings. The molecule has 0 radical (unpaired) electrons. The number of rotatable bonds is 4. The third-order valence-corrected chi connectivity index (χ3v) is 2.89. The molecule has 0 saturated heterocycles. The Balaban J connectivity index is 2.20. The number of halogens is 3. The third kappa shape index (κ3) is 3.05. The van der Waals surface area contributed by atoms with E-state index in [9.17, 15) is 23.1 Å². The molecule has 0 bridgehead atoms. The maximum absolute atomic E-state index is 13.1. The molecule has 0 saturated carbocycles. The van der Waals surface area contributed by atoms with Gasteiger partial charge in [-0.1, -0.05) is 35.5 Å². The molecule has 112 valence electrons. The molecule has 0 fully saturated rings. The molecular formula is C13H11F3N2O3. The molecule has 0 spiro atoms. The number of hydrogen-bond acceptors (Lipinski definition) is 4. The van der Waals surface area contributed by atoms with E-state index < -0.39 is 24.2 Å². The first-order valence-corrected chi connectivity index (χ1v) is 5.88. The van der Waals surface area contributed by atoms with Gasteiger partial charge in [0.25, 0.3) is 5.91 Å². The molecule has 1 atom stereocenters. The minimum Gasteiger partial charge on any atom is -0.375 e. The van der Waals surface area contributed by atoms with Crippen molar-refractivity contribution in [1.82, 2.24) is 10.5 Å². The molecule has 8 heteroatoms. The first-order chi connectivity index (χ1) is 9.84. The number of carbonyl (C=O) groups excluding carboxylic acids is 1. The van der Waals surface area contributed by atoms with Crippen molar-refractivity contribution in [1.29, 1.82) is 0 Å². The van der Waals surface area contributed by atoms with Gasteiger partial charge < -0.3 is 14.9 Å². The number of alkyl halides is 3. The van der Waals surface area contributed by atoms with E-state index in [0.717, 1.165) is 12.1 Å². The van der Waals surface area contributed by atoms with E-state index >= 15 is 0 Å². The lowest BCUT2D eigenvalue weighted by Gasteiger charge is -2.30. The van der Waals surface area contributed by atoms with Gasteiger partial charge in [0, 0.05) is 6.07 Å². The Morgan fingerprint density at radius 2 is 1.90 bits per heavy atom. The average molecular weight is 300 g/mol. The SMILES string of the molecule is O=C(NCC(O)(c1ccccc1)C(F)(F)F)c1ccno1. The molecule has 0 aliphatic carbocycles. The summed E-state index contributed by atoms with van der Waals surface area (Å²) in [5.41, 5.74) is -3.56. The smallest absolute Gasteiger partial charge is 0.375 e. The van der Waals surface area contributed by atoms with Crippen LogP contribution >= 0.6 is 0 Å². The highest BCUT2D eigenvalue weighted by molar-refractivity contribution is 5.91. The number of carbonyl (C=O) groups is 1. The van der Waals surface area contributed by atoms with Crippen LogP contribution in [0.4, 0.5) is 13.2 Å². The summed E-state index contributed by atoms with van der Waals surface area (Å²) in [5, 5.41) is 15.2. The van der Waals surface area contributed by atoms with E-state index in [1.165, 1.54) is 30.5 Å². The predicted molar refractivity (Wildman–Crippen MR) is 65.2 cm³/mol. The maximum atomic E-state index is 13.1. The molecule has 2 rings (SSSR count). The molecule has 1 amide bonds. The summed E-state index contributed by atoms with van der Waals surface area (Å²) in [5.74, 6) is -1.14. The summed E-state index contributed by atoms with van der Waals surface area (Å²) in [6, 6.07) is 7.72. The van der Waals surface area contributed by atoms with Crippen LogP contribution in [0.2, 0.25) is 0 Å². The lowest BCUT2D eigenvalue weighted by molar-refractivity contribution is -0.263. The first kappa shape index (κ1) is 15.0. The highest BCUT2D eigenvalue weighted by Crippen LogP contribution is 2.38. The minimum absolute atomic E-state index is 0.243. The highest BCUT2D eigenvalue weighted by Gasteiger charge is 2.55. The summed E-state index contributed by atoms with van der Waals surface area (Å²) in [7, 11) is 0. The molecule has 1 heterocycles. The number of hydrogen-bond donors (Lipinski definition) is 2. The summed E-state index contributed by atoms with van der Waals surface area (Å²) in [6.45, 7) is -1.04. The molecule has 2 N–H and O–H groups in total. The van der Waals surface area contributed by atoms with Gasteiger partial charge >= 0.3 is 6.18 Å². The second-order valence-corrected chi connectivity index (χ2v) is 4.28. The highest BCUT2D eigenvalue weighted by atomic mass is 19.4. The number of benzene rings is 1. The van der Waals surface area contributed by atoms with E-state index in [2.05, 4.69) is 9.68 Å². The van der Waals surface area contributed by atoms with Crippen molar-refractivity contribution in [3.05, 3.63) is 53.9 Å². The van der Waals surface area contributed by atoms with Crippen molar-refractivity contribution in [3.63, 3.8) is 0 Å². The second kappa shape index (κ2) is 5.57. The van der Waals surface area contributed by atoms with Crippen LogP contribution < -0.4 is 5.32 Å². The Hall–Kier alpha value is -2.35. The molecule has 21 heavy (non-hydrogen) atoms. The van der Waals surface area contributed by atoms with Crippen LogP contribution in [-0.2, 0) is 5.60 Å². The van der Waals surface area contributed by atoms with Crippen LogP contribution in [0.25, 0.3) is 0 Å². The number of aliphatic hydroxyl groups is 1. The fraction of sp³-hybridized carbons (Fsp3) is 0.231. The van der Waals surface area contributed by atoms with Crippen molar-refractivity contribution in [2.24, 2.45) is 0 Å². The van der Waals surface area contributed by atoms with Crippen LogP contribution in [0.1, 0.15) is 16.1 Å². The van der Waals surface area contributed by atoms with Gasteiger partial charge in [-0.3, -0.25) is 4.79 Å². The quantitative estimate of drug-likeness (QED) is 0.903. The molecule has 5 nitrogen and oxygen atoms in total. The van der Waals surface area contributed by atoms with Crippen LogP contribution in [-0.4, -0.2) is 28.9 Å². The standard InChI is InChI=1S/C13H11F3N2O3/c14-13(15,16)12(20,9-4-2-1-3-5-9)8-17-11(19)10-6-7-18-21-10/h1-7,20H,8H2,(H,17,19). The van der Waals surface area contributed by atoms with Gasteiger partial charge in [0.05, 0.1) is 12.7 Å². The van der Waals surface area contributed by atoms with Crippen LogP contribution in [0.3, 0.4) is 0 Å². The van der Waals surface area contributed by atoms with E-state index in [4.69, 9.17) is 0 Å². The maximum Gasteiger partial charge on any atom is 0.423 e. The summed E-state index contributed by atoms with van der Waals surface area (Å²) < 4.78 is 44.0. The van der Waals surface area contributed by atoms with Crippen molar-refractivity contribution in [3.8, 4) is 0 Å². The third-order valence-electron chi connectivity index (χ3n) is 2.89. The number of amides is 1. The Bertz CT molecular complexity index is 599. The van der Waals surface area contributed by atoms with Gasteiger partial charge in [-0.05, 0) is 5.56 Å². The van der Waals surface area contributed by atoms with Crippen LogP contribution in [0, 0.1) is 0 Å². The van der Waals surface area contributed by atoms with E-state index in [0.29, 0.717) is 0 Å². The Labute approximate surface area is 117 Å². The molecule has 2 aromatic rings. The second-order valence-electron chi connectivity index (χ2n) is 4.28.